The van der Waals surface area contributed by atoms with Crippen molar-refractivity contribution in [2.75, 3.05) is 0 Å². The van der Waals surface area contributed by atoms with Crippen molar-refractivity contribution in [1.29, 1.82) is 0 Å². The first kappa shape index (κ1) is 11.9. The van der Waals surface area contributed by atoms with Crippen molar-refractivity contribution in [3.8, 4) is 0 Å². The highest BCUT2D eigenvalue weighted by Gasteiger charge is 2.04. The molecule has 5 nitrogen and oxygen atoms in total. The third-order valence-electron chi connectivity index (χ3n) is 2.66. The number of aromatic nitrogens is 3. The van der Waals surface area contributed by atoms with E-state index >= 15 is 0 Å². The van der Waals surface area contributed by atoms with Crippen LogP contribution in [0.3, 0.4) is 0 Å². The number of hydrogen-bond donors (Lipinski definition) is 1. The Hall–Kier alpha value is -1.62. The summed E-state index contributed by atoms with van der Waals surface area (Å²) in [5, 5.41) is 7.59. The summed E-state index contributed by atoms with van der Waals surface area (Å²) in [5.41, 5.74) is 2.26. The van der Waals surface area contributed by atoms with Crippen LogP contribution in [0.1, 0.15) is 29.8 Å². The minimum atomic E-state index is 0.647. The van der Waals surface area contributed by atoms with E-state index in [-0.39, 0.29) is 0 Å². The molecule has 0 amide bonds. The second kappa shape index (κ2) is 5.14. The highest BCUT2D eigenvalue weighted by Crippen LogP contribution is 2.06. The predicted molar refractivity (Wildman–Crippen MR) is 64.4 cm³/mol. The molecule has 0 aliphatic carbocycles. The molecule has 92 valence electrons. The van der Waals surface area contributed by atoms with Crippen molar-refractivity contribution in [3.63, 3.8) is 0 Å². The smallest absolute Gasteiger partial charge is 0.208 e. The van der Waals surface area contributed by atoms with E-state index in [0.717, 1.165) is 30.3 Å². The maximum absolute atomic E-state index is 5.51. The van der Waals surface area contributed by atoms with Crippen LogP contribution in [0, 0.1) is 6.92 Å². The first-order valence-corrected chi connectivity index (χ1v) is 5.82. The van der Waals surface area contributed by atoms with Crippen LogP contribution in [0.5, 0.6) is 0 Å². The van der Waals surface area contributed by atoms with Crippen molar-refractivity contribution in [3.05, 3.63) is 35.3 Å². The molecule has 2 heterocycles. The number of hydrogen-bond acceptors (Lipinski definition) is 4. The van der Waals surface area contributed by atoms with Gasteiger partial charge in [-0.2, -0.15) is 5.10 Å². The van der Waals surface area contributed by atoms with Crippen molar-refractivity contribution in [1.82, 2.24) is 20.1 Å². The summed E-state index contributed by atoms with van der Waals surface area (Å²) in [6.07, 6.45) is 4.69. The van der Waals surface area contributed by atoms with E-state index in [0.29, 0.717) is 6.54 Å². The van der Waals surface area contributed by atoms with Crippen LogP contribution in [0.25, 0.3) is 0 Å². The fourth-order valence-corrected chi connectivity index (χ4v) is 1.72. The van der Waals surface area contributed by atoms with Crippen molar-refractivity contribution in [2.24, 2.45) is 7.05 Å². The van der Waals surface area contributed by atoms with Crippen LogP contribution in [0.4, 0.5) is 0 Å². The Bertz CT molecular complexity index is 486. The zero-order valence-electron chi connectivity index (χ0n) is 10.5. The number of oxazole rings is 1. The van der Waals surface area contributed by atoms with Gasteiger partial charge in [0.05, 0.1) is 18.4 Å². The summed E-state index contributed by atoms with van der Waals surface area (Å²) in [7, 11) is 1.93. The summed E-state index contributed by atoms with van der Waals surface area (Å²) in [6, 6.07) is 0. The topological polar surface area (TPSA) is 55.9 Å². The Morgan fingerprint density at radius 1 is 1.41 bits per heavy atom. The van der Waals surface area contributed by atoms with Gasteiger partial charge in [-0.25, -0.2) is 4.98 Å². The number of nitrogens with zero attached hydrogens (tertiary/aromatic N) is 3. The third-order valence-corrected chi connectivity index (χ3v) is 2.66. The van der Waals surface area contributed by atoms with Crippen molar-refractivity contribution < 1.29 is 4.42 Å². The molecule has 17 heavy (non-hydrogen) atoms. The minimum Gasteiger partial charge on any atom is -0.444 e. The Morgan fingerprint density at radius 2 is 2.24 bits per heavy atom. The molecule has 0 unspecified atom stereocenters. The van der Waals surface area contributed by atoms with E-state index in [9.17, 15) is 0 Å². The van der Waals surface area contributed by atoms with E-state index in [2.05, 4.69) is 22.3 Å². The molecule has 1 N–H and O–H groups in total. The summed E-state index contributed by atoms with van der Waals surface area (Å²) < 4.78 is 7.34. The molecule has 2 rings (SSSR count). The lowest BCUT2D eigenvalue weighted by molar-refractivity contribution is 0.439. The van der Waals surface area contributed by atoms with E-state index in [1.54, 1.807) is 6.20 Å². The molecular weight excluding hydrogens is 216 g/mol. The van der Waals surface area contributed by atoms with Crippen LogP contribution in [0.2, 0.25) is 0 Å². The highest BCUT2D eigenvalue weighted by molar-refractivity contribution is 5.14. The Kier molecular flexibility index (Phi) is 3.58. The lowest BCUT2D eigenvalue weighted by Gasteiger charge is -2.00. The van der Waals surface area contributed by atoms with Crippen LogP contribution >= 0.6 is 0 Å². The van der Waals surface area contributed by atoms with E-state index in [1.165, 1.54) is 5.56 Å². The normalized spacial score (nSPS) is 11.0. The van der Waals surface area contributed by atoms with Crippen molar-refractivity contribution >= 4 is 0 Å². The summed E-state index contributed by atoms with van der Waals surface area (Å²) >= 11 is 0. The maximum Gasteiger partial charge on any atom is 0.208 e. The first-order chi connectivity index (χ1) is 8.19. The molecule has 0 saturated carbocycles. The van der Waals surface area contributed by atoms with Gasteiger partial charge < -0.3 is 9.73 Å². The number of aryl methyl sites for hydroxylation is 3. The van der Waals surface area contributed by atoms with Crippen LogP contribution in [-0.2, 0) is 26.6 Å². The van der Waals surface area contributed by atoms with Gasteiger partial charge in [-0.05, 0) is 6.92 Å². The molecule has 2 aromatic heterocycles. The van der Waals surface area contributed by atoms with Gasteiger partial charge >= 0.3 is 0 Å². The highest BCUT2D eigenvalue weighted by atomic mass is 16.4. The second-order valence-electron chi connectivity index (χ2n) is 4.09. The third kappa shape index (κ3) is 2.94. The van der Waals surface area contributed by atoms with Crippen LogP contribution < -0.4 is 5.32 Å². The first-order valence-electron chi connectivity index (χ1n) is 5.82. The van der Waals surface area contributed by atoms with Gasteiger partial charge in [0.15, 0.2) is 0 Å². The molecule has 0 bridgehead atoms. The summed E-state index contributed by atoms with van der Waals surface area (Å²) in [4.78, 5) is 4.20. The predicted octanol–water partition coefficient (Wildman–Crippen LogP) is 1.57. The standard InChI is InChI=1S/C12H18N4O/c1-4-11-6-14-12(17-11)7-13-5-10-8-16(3)15-9(10)2/h6,8,13H,4-5,7H2,1-3H3. The summed E-state index contributed by atoms with van der Waals surface area (Å²) in [6.45, 7) is 5.49. The van der Waals surface area contributed by atoms with Gasteiger partial charge in [0, 0.05) is 31.8 Å². The van der Waals surface area contributed by atoms with Gasteiger partial charge in [0.25, 0.3) is 0 Å². The Labute approximate surface area is 101 Å². The quantitative estimate of drug-likeness (QED) is 0.853. The monoisotopic (exact) mass is 234 g/mol. The van der Waals surface area contributed by atoms with Gasteiger partial charge in [0.1, 0.15) is 5.76 Å². The lowest BCUT2D eigenvalue weighted by atomic mass is 10.2. The molecule has 0 fully saturated rings. The van der Waals surface area contributed by atoms with E-state index < -0.39 is 0 Å². The second-order valence-corrected chi connectivity index (χ2v) is 4.09. The molecular formula is C12H18N4O. The molecule has 0 aliphatic rings. The molecule has 0 saturated heterocycles. The largest absolute Gasteiger partial charge is 0.444 e. The Balaban J connectivity index is 1.85. The van der Waals surface area contributed by atoms with Gasteiger partial charge in [-0.3, -0.25) is 4.68 Å². The average molecular weight is 234 g/mol. The minimum absolute atomic E-state index is 0.647. The fraction of sp³-hybridized carbons (Fsp3) is 0.500. The zero-order chi connectivity index (χ0) is 12.3. The molecule has 0 aromatic carbocycles. The molecule has 5 heteroatoms. The van der Waals surface area contributed by atoms with Gasteiger partial charge in [-0.15, -0.1) is 0 Å². The van der Waals surface area contributed by atoms with Crippen LogP contribution in [0.15, 0.2) is 16.8 Å². The maximum atomic E-state index is 5.51. The van der Waals surface area contributed by atoms with Crippen molar-refractivity contribution in [2.45, 2.75) is 33.4 Å². The lowest BCUT2D eigenvalue weighted by Crippen LogP contribution is -2.13. The average Bonchev–Trinajstić information content (AvgIpc) is 2.86. The van der Waals surface area contributed by atoms with Gasteiger partial charge in [0.2, 0.25) is 5.89 Å². The molecule has 0 spiro atoms. The van der Waals surface area contributed by atoms with Crippen LogP contribution in [-0.4, -0.2) is 14.8 Å². The molecule has 2 aromatic rings. The fourth-order valence-electron chi connectivity index (χ4n) is 1.72. The number of nitrogens with one attached hydrogen (secondary N) is 1. The SMILES string of the molecule is CCc1cnc(CNCc2cn(C)nc2C)o1. The van der Waals surface area contributed by atoms with Gasteiger partial charge in [-0.1, -0.05) is 6.92 Å². The zero-order valence-corrected chi connectivity index (χ0v) is 10.5. The summed E-state index contributed by atoms with van der Waals surface area (Å²) in [5.74, 6) is 1.67. The number of rotatable bonds is 5. The van der Waals surface area contributed by atoms with E-state index in [4.69, 9.17) is 4.42 Å². The Morgan fingerprint density at radius 3 is 2.82 bits per heavy atom. The molecule has 0 radical (unpaired) electrons. The van der Waals surface area contributed by atoms with E-state index in [1.807, 2.05) is 24.9 Å². The molecule has 0 aliphatic heterocycles. The molecule has 0 atom stereocenters.